The number of nitrogens with one attached hydrogen (secondary N) is 1. The Hall–Kier alpha value is -1.44. The van der Waals surface area contributed by atoms with Gasteiger partial charge in [0, 0.05) is 25.7 Å². The summed E-state index contributed by atoms with van der Waals surface area (Å²) >= 11 is 0. The van der Waals surface area contributed by atoms with Gasteiger partial charge in [0.2, 0.25) is 5.91 Å². The van der Waals surface area contributed by atoms with Crippen molar-refractivity contribution in [3.63, 3.8) is 0 Å². The predicted molar refractivity (Wildman–Crippen MR) is 82.0 cm³/mol. The Morgan fingerprint density at radius 1 is 1.43 bits per heavy atom. The van der Waals surface area contributed by atoms with Crippen LogP contribution in [0.3, 0.4) is 0 Å². The van der Waals surface area contributed by atoms with Gasteiger partial charge in [-0.25, -0.2) is 8.42 Å². The third-order valence-corrected chi connectivity index (χ3v) is 4.21. The maximum Gasteiger partial charge on any atom is 0.241 e. The lowest BCUT2D eigenvalue weighted by molar-refractivity contribution is -0.117. The van der Waals surface area contributed by atoms with Crippen molar-refractivity contribution < 1.29 is 17.9 Å². The molecule has 0 radical (unpaired) electrons. The van der Waals surface area contributed by atoms with Gasteiger partial charge in [-0.05, 0) is 37.5 Å². The number of sulfone groups is 1. The van der Waals surface area contributed by atoms with Crippen molar-refractivity contribution in [3.05, 3.63) is 23.8 Å². The second kappa shape index (κ2) is 7.53. The molecule has 0 aromatic heterocycles. The Morgan fingerprint density at radius 2 is 2.10 bits per heavy atom. The van der Waals surface area contributed by atoms with Gasteiger partial charge >= 0.3 is 0 Å². The normalized spacial score (nSPS) is 13.0. The van der Waals surface area contributed by atoms with Crippen LogP contribution in [0.15, 0.2) is 23.1 Å². The van der Waals surface area contributed by atoms with Crippen LogP contribution in [0.5, 0.6) is 0 Å². The third-order valence-electron chi connectivity index (χ3n) is 3.10. The number of nitrogens with two attached hydrogens (primary N) is 1. The molecule has 0 saturated heterocycles. The largest absolute Gasteiger partial charge is 0.385 e. The molecule has 0 saturated carbocycles. The summed E-state index contributed by atoms with van der Waals surface area (Å²) in [5.74, 6) is -0.333. The number of methoxy groups -OCH3 is 1. The van der Waals surface area contributed by atoms with Gasteiger partial charge in [-0.2, -0.15) is 0 Å². The molecule has 1 aromatic rings. The SMILES string of the molecule is COCCCC(N)C(=O)Nc1cc(S(C)(=O)=O)ccc1C. The van der Waals surface area contributed by atoms with Gasteiger partial charge in [0.15, 0.2) is 9.84 Å². The van der Waals surface area contributed by atoms with Crippen LogP contribution in [0.2, 0.25) is 0 Å². The molecule has 0 fully saturated rings. The smallest absolute Gasteiger partial charge is 0.241 e. The molecule has 118 valence electrons. The van der Waals surface area contributed by atoms with Gasteiger partial charge in [0.05, 0.1) is 10.9 Å². The van der Waals surface area contributed by atoms with Gasteiger partial charge in [-0.1, -0.05) is 6.07 Å². The van der Waals surface area contributed by atoms with E-state index in [-0.39, 0.29) is 10.8 Å². The highest BCUT2D eigenvalue weighted by Crippen LogP contribution is 2.20. The van der Waals surface area contributed by atoms with Gasteiger partial charge in [0.25, 0.3) is 0 Å². The lowest BCUT2D eigenvalue weighted by atomic mass is 10.1. The van der Waals surface area contributed by atoms with Crippen LogP contribution in [0.4, 0.5) is 5.69 Å². The van der Waals surface area contributed by atoms with E-state index in [4.69, 9.17) is 10.5 Å². The molecular weight excluding hydrogens is 292 g/mol. The number of aryl methyl sites for hydroxylation is 1. The minimum absolute atomic E-state index is 0.163. The standard InChI is InChI=1S/C14H22N2O4S/c1-10-6-7-11(21(3,18)19)9-13(10)16-14(17)12(15)5-4-8-20-2/h6-7,9,12H,4-5,8,15H2,1-3H3,(H,16,17). The topological polar surface area (TPSA) is 98.5 Å². The first-order valence-electron chi connectivity index (χ1n) is 6.62. The summed E-state index contributed by atoms with van der Waals surface area (Å²) in [6, 6.07) is 3.97. The highest BCUT2D eigenvalue weighted by molar-refractivity contribution is 7.90. The van der Waals surface area contributed by atoms with Gasteiger partial charge in [0.1, 0.15) is 0 Å². The molecule has 0 aliphatic rings. The first kappa shape index (κ1) is 17.6. The summed E-state index contributed by atoms with van der Waals surface area (Å²) < 4.78 is 28.0. The molecule has 21 heavy (non-hydrogen) atoms. The Bertz CT molecular complexity index is 599. The van der Waals surface area contributed by atoms with Gasteiger partial charge in [-0.15, -0.1) is 0 Å². The van der Waals surface area contributed by atoms with E-state index in [9.17, 15) is 13.2 Å². The van der Waals surface area contributed by atoms with E-state index in [1.54, 1.807) is 20.1 Å². The number of benzene rings is 1. The van der Waals surface area contributed by atoms with E-state index < -0.39 is 15.9 Å². The van der Waals surface area contributed by atoms with Crippen LogP contribution in [0, 0.1) is 6.92 Å². The summed E-state index contributed by atoms with van der Waals surface area (Å²) in [6.45, 7) is 2.34. The van der Waals surface area contributed by atoms with Crippen LogP contribution in [0.1, 0.15) is 18.4 Å². The van der Waals surface area contributed by atoms with Crippen LogP contribution in [-0.2, 0) is 19.4 Å². The van der Waals surface area contributed by atoms with E-state index in [1.807, 2.05) is 0 Å². The Balaban J connectivity index is 2.80. The van der Waals surface area contributed by atoms with E-state index >= 15 is 0 Å². The molecule has 3 N–H and O–H groups in total. The number of carbonyl (C=O) groups is 1. The Morgan fingerprint density at radius 3 is 2.67 bits per heavy atom. The molecule has 1 amide bonds. The highest BCUT2D eigenvalue weighted by atomic mass is 32.2. The van der Waals surface area contributed by atoms with Crippen molar-refractivity contribution in [2.75, 3.05) is 25.3 Å². The fraction of sp³-hybridized carbons (Fsp3) is 0.500. The molecule has 7 heteroatoms. The third kappa shape index (κ3) is 5.45. The number of anilines is 1. The minimum Gasteiger partial charge on any atom is -0.385 e. The van der Waals surface area contributed by atoms with Crippen molar-refractivity contribution in [2.45, 2.75) is 30.7 Å². The van der Waals surface area contributed by atoms with Crippen LogP contribution in [0.25, 0.3) is 0 Å². The average molecular weight is 314 g/mol. The predicted octanol–water partition coefficient (Wildman–Crippen LogP) is 1.09. The number of hydrogen-bond acceptors (Lipinski definition) is 5. The molecule has 1 unspecified atom stereocenters. The zero-order chi connectivity index (χ0) is 16.0. The van der Waals surface area contributed by atoms with Crippen molar-refractivity contribution in [1.82, 2.24) is 0 Å². The number of carbonyl (C=O) groups excluding carboxylic acids is 1. The molecular formula is C14H22N2O4S. The molecule has 0 heterocycles. The second-order valence-electron chi connectivity index (χ2n) is 4.98. The lowest BCUT2D eigenvalue weighted by Crippen LogP contribution is -2.36. The summed E-state index contributed by atoms with van der Waals surface area (Å²) in [5.41, 5.74) is 7.03. The molecule has 1 atom stereocenters. The monoisotopic (exact) mass is 314 g/mol. The summed E-state index contributed by atoms with van der Waals surface area (Å²) in [4.78, 5) is 12.2. The van der Waals surface area contributed by atoms with Gasteiger partial charge in [-0.3, -0.25) is 4.79 Å². The maximum atomic E-state index is 12.0. The summed E-state index contributed by atoms with van der Waals surface area (Å²) in [7, 11) is -1.73. The summed E-state index contributed by atoms with van der Waals surface area (Å²) in [6.07, 6.45) is 2.32. The first-order chi connectivity index (χ1) is 9.75. The van der Waals surface area contributed by atoms with Crippen LogP contribution >= 0.6 is 0 Å². The number of hydrogen-bond donors (Lipinski definition) is 2. The molecule has 0 bridgehead atoms. The summed E-state index contributed by atoms with van der Waals surface area (Å²) in [5, 5.41) is 2.68. The van der Waals surface area contributed by atoms with Crippen molar-refractivity contribution in [2.24, 2.45) is 5.73 Å². The molecule has 1 aromatic carbocycles. The quantitative estimate of drug-likeness (QED) is 0.734. The van der Waals surface area contributed by atoms with Crippen molar-refractivity contribution >= 4 is 21.4 Å². The van der Waals surface area contributed by atoms with E-state index in [1.165, 1.54) is 12.1 Å². The zero-order valence-corrected chi connectivity index (χ0v) is 13.4. The van der Waals surface area contributed by atoms with Gasteiger partial charge < -0.3 is 15.8 Å². The number of ether oxygens (including phenoxy) is 1. The fourth-order valence-electron chi connectivity index (χ4n) is 1.77. The van der Waals surface area contributed by atoms with Crippen LogP contribution < -0.4 is 11.1 Å². The first-order valence-corrected chi connectivity index (χ1v) is 8.51. The molecule has 0 aliphatic carbocycles. The van der Waals surface area contributed by atoms with E-state index in [0.717, 1.165) is 11.8 Å². The minimum atomic E-state index is -3.31. The fourth-order valence-corrected chi connectivity index (χ4v) is 2.42. The number of amides is 1. The Labute approximate surface area is 125 Å². The van der Waals surface area contributed by atoms with Crippen LogP contribution in [-0.4, -0.2) is 40.3 Å². The van der Waals surface area contributed by atoms with E-state index in [2.05, 4.69) is 5.32 Å². The maximum absolute atomic E-state index is 12.0. The molecule has 6 nitrogen and oxygen atoms in total. The van der Waals surface area contributed by atoms with E-state index in [0.29, 0.717) is 25.1 Å². The molecule has 0 aliphatic heterocycles. The lowest BCUT2D eigenvalue weighted by Gasteiger charge is -2.14. The molecule has 0 spiro atoms. The second-order valence-corrected chi connectivity index (χ2v) is 7.00. The van der Waals surface area contributed by atoms with Crippen molar-refractivity contribution in [1.29, 1.82) is 0 Å². The Kier molecular flexibility index (Phi) is 6.32. The highest BCUT2D eigenvalue weighted by Gasteiger charge is 2.16. The zero-order valence-electron chi connectivity index (χ0n) is 12.5. The molecule has 1 rings (SSSR count). The van der Waals surface area contributed by atoms with Crippen molar-refractivity contribution in [3.8, 4) is 0 Å². The average Bonchev–Trinajstić information content (AvgIpc) is 2.40. The number of rotatable bonds is 7.